The number of hydrogen-bond donors (Lipinski definition) is 1. The minimum atomic E-state index is -0.136. The number of amides is 1. The summed E-state index contributed by atoms with van der Waals surface area (Å²) in [5.74, 6) is 0.533. The fourth-order valence-electron chi connectivity index (χ4n) is 2.49. The molecule has 120 valence electrons. The van der Waals surface area contributed by atoms with E-state index in [-0.39, 0.29) is 12.0 Å². The van der Waals surface area contributed by atoms with Gasteiger partial charge in [0, 0.05) is 10.2 Å². The lowest BCUT2D eigenvalue weighted by molar-refractivity contribution is 0.0682. The molecule has 0 bridgehead atoms. The van der Waals surface area contributed by atoms with E-state index < -0.39 is 0 Å². The second-order valence-corrected chi connectivity index (χ2v) is 6.54. The molecule has 0 aromatic heterocycles. The van der Waals surface area contributed by atoms with Crippen molar-refractivity contribution in [3.8, 4) is 5.75 Å². The Morgan fingerprint density at radius 1 is 1.22 bits per heavy atom. The Bertz CT molecular complexity index is 683. The van der Waals surface area contributed by atoms with Gasteiger partial charge in [-0.2, -0.15) is 0 Å². The second-order valence-electron chi connectivity index (χ2n) is 5.38. The molecule has 0 spiro atoms. The first-order valence-corrected chi connectivity index (χ1v) is 8.71. The minimum absolute atomic E-state index is 0.136. The van der Waals surface area contributed by atoms with Crippen molar-refractivity contribution < 1.29 is 14.3 Å². The highest BCUT2D eigenvalue weighted by Gasteiger charge is 2.17. The van der Waals surface area contributed by atoms with Gasteiger partial charge in [0.25, 0.3) is 5.91 Å². The molecular formula is C18H18INO3. The number of ether oxygens (including phenoxy) is 2. The molecule has 2 aromatic carbocycles. The van der Waals surface area contributed by atoms with Gasteiger partial charge in [0.1, 0.15) is 12.4 Å². The van der Waals surface area contributed by atoms with Crippen LogP contribution in [0.3, 0.4) is 0 Å². The maximum absolute atomic E-state index is 12.5. The van der Waals surface area contributed by atoms with Gasteiger partial charge in [0.2, 0.25) is 0 Å². The summed E-state index contributed by atoms with van der Waals surface area (Å²) in [5.41, 5.74) is 1.33. The van der Waals surface area contributed by atoms with E-state index in [1.54, 1.807) is 0 Å². The van der Waals surface area contributed by atoms with Gasteiger partial charge in [-0.15, -0.1) is 0 Å². The van der Waals surface area contributed by atoms with E-state index in [4.69, 9.17) is 9.47 Å². The predicted molar refractivity (Wildman–Crippen MR) is 98.0 cm³/mol. The molecule has 1 saturated heterocycles. The molecule has 2 aromatic rings. The number of para-hydroxylation sites is 2. The van der Waals surface area contributed by atoms with Crippen LogP contribution in [0.1, 0.15) is 23.2 Å². The number of carbonyl (C=O) groups excluding carboxylic acids is 1. The monoisotopic (exact) mass is 423 g/mol. The van der Waals surface area contributed by atoms with Gasteiger partial charge in [-0.05, 0) is 59.7 Å². The van der Waals surface area contributed by atoms with Crippen molar-refractivity contribution in [1.82, 2.24) is 0 Å². The van der Waals surface area contributed by atoms with Crippen LogP contribution in [0.5, 0.6) is 5.75 Å². The molecule has 1 aliphatic rings. The van der Waals surface area contributed by atoms with Crippen LogP contribution in [0, 0.1) is 3.57 Å². The molecule has 0 radical (unpaired) electrons. The molecule has 23 heavy (non-hydrogen) atoms. The van der Waals surface area contributed by atoms with Gasteiger partial charge >= 0.3 is 0 Å². The van der Waals surface area contributed by atoms with Crippen molar-refractivity contribution in [2.24, 2.45) is 0 Å². The first-order chi connectivity index (χ1) is 11.2. The van der Waals surface area contributed by atoms with Crippen molar-refractivity contribution in [3.05, 3.63) is 57.7 Å². The number of hydrogen-bond acceptors (Lipinski definition) is 3. The summed E-state index contributed by atoms with van der Waals surface area (Å²) in [5, 5.41) is 2.93. The zero-order valence-electron chi connectivity index (χ0n) is 12.6. The molecule has 1 N–H and O–H groups in total. The first kappa shape index (κ1) is 16.3. The Labute approximate surface area is 149 Å². The van der Waals surface area contributed by atoms with Gasteiger partial charge < -0.3 is 14.8 Å². The fourth-order valence-corrected chi connectivity index (χ4v) is 3.12. The topological polar surface area (TPSA) is 47.6 Å². The predicted octanol–water partition coefficient (Wildman–Crippen LogP) is 4.10. The zero-order valence-corrected chi connectivity index (χ0v) is 14.8. The number of halogens is 1. The Kier molecular flexibility index (Phi) is 5.51. The van der Waals surface area contributed by atoms with E-state index in [1.165, 1.54) is 0 Å². The molecule has 1 fully saturated rings. The normalized spacial score (nSPS) is 17.0. The van der Waals surface area contributed by atoms with Crippen LogP contribution in [0.25, 0.3) is 0 Å². The summed E-state index contributed by atoms with van der Waals surface area (Å²) in [7, 11) is 0. The summed E-state index contributed by atoms with van der Waals surface area (Å²) in [6, 6.07) is 15.0. The molecule has 3 rings (SSSR count). The van der Waals surface area contributed by atoms with Gasteiger partial charge in [-0.25, -0.2) is 0 Å². The molecule has 4 nitrogen and oxygen atoms in total. The molecule has 1 unspecified atom stereocenters. The summed E-state index contributed by atoms with van der Waals surface area (Å²) < 4.78 is 12.3. The summed E-state index contributed by atoms with van der Waals surface area (Å²) in [4.78, 5) is 12.5. The Balaban J connectivity index is 1.70. The lowest BCUT2D eigenvalue weighted by Gasteiger charge is -2.15. The second kappa shape index (κ2) is 7.79. The SMILES string of the molecule is O=C(Nc1ccccc1OCC1CCCO1)c1ccccc1I. The number of benzene rings is 2. The lowest BCUT2D eigenvalue weighted by atomic mass is 10.2. The molecule has 1 atom stereocenters. The Morgan fingerprint density at radius 3 is 2.78 bits per heavy atom. The Morgan fingerprint density at radius 2 is 2.00 bits per heavy atom. The van der Waals surface area contributed by atoms with E-state index in [0.717, 1.165) is 23.0 Å². The van der Waals surface area contributed by atoms with Gasteiger partial charge in [0.05, 0.1) is 17.4 Å². The van der Waals surface area contributed by atoms with Crippen LogP contribution < -0.4 is 10.1 Å². The van der Waals surface area contributed by atoms with E-state index in [2.05, 4.69) is 27.9 Å². The third-order valence-electron chi connectivity index (χ3n) is 3.70. The molecule has 0 aliphatic carbocycles. The molecule has 0 saturated carbocycles. The number of anilines is 1. The van der Waals surface area contributed by atoms with Crippen LogP contribution >= 0.6 is 22.6 Å². The van der Waals surface area contributed by atoms with Gasteiger partial charge in [0.15, 0.2) is 0 Å². The van der Waals surface area contributed by atoms with Crippen molar-refractivity contribution >= 4 is 34.2 Å². The summed E-state index contributed by atoms with van der Waals surface area (Å²) >= 11 is 2.16. The van der Waals surface area contributed by atoms with E-state index in [9.17, 15) is 4.79 Å². The third kappa shape index (κ3) is 4.23. The smallest absolute Gasteiger partial charge is 0.256 e. The number of nitrogens with one attached hydrogen (secondary N) is 1. The van der Waals surface area contributed by atoms with Crippen LogP contribution in [-0.4, -0.2) is 25.2 Å². The maximum Gasteiger partial charge on any atom is 0.256 e. The lowest BCUT2D eigenvalue weighted by Crippen LogP contribution is -2.18. The van der Waals surface area contributed by atoms with Crippen molar-refractivity contribution in [2.45, 2.75) is 18.9 Å². The number of rotatable bonds is 5. The molecule has 1 aliphatic heterocycles. The highest BCUT2D eigenvalue weighted by molar-refractivity contribution is 14.1. The molecule has 5 heteroatoms. The van der Waals surface area contributed by atoms with Crippen molar-refractivity contribution in [1.29, 1.82) is 0 Å². The van der Waals surface area contributed by atoms with E-state index in [1.807, 2.05) is 48.5 Å². The summed E-state index contributed by atoms with van der Waals surface area (Å²) in [6.45, 7) is 1.31. The molecule has 1 heterocycles. The fraction of sp³-hybridized carbons (Fsp3) is 0.278. The van der Waals surface area contributed by atoms with E-state index >= 15 is 0 Å². The first-order valence-electron chi connectivity index (χ1n) is 7.63. The van der Waals surface area contributed by atoms with Crippen LogP contribution in [0.15, 0.2) is 48.5 Å². The van der Waals surface area contributed by atoms with Crippen LogP contribution in [0.2, 0.25) is 0 Å². The van der Waals surface area contributed by atoms with E-state index in [0.29, 0.717) is 23.6 Å². The van der Waals surface area contributed by atoms with Crippen LogP contribution in [0.4, 0.5) is 5.69 Å². The summed E-state index contributed by atoms with van der Waals surface area (Å²) in [6.07, 6.45) is 2.25. The molecule has 1 amide bonds. The van der Waals surface area contributed by atoms with Gasteiger partial charge in [-0.1, -0.05) is 24.3 Å². The van der Waals surface area contributed by atoms with Crippen LogP contribution in [-0.2, 0) is 4.74 Å². The highest BCUT2D eigenvalue weighted by Crippen LogP contribution is 2.26. The van der Waals surface area contributed by atoms with Crippen molar-refractivity contribution in [3.63, 3.8) is 0 Å². The number of carbonyl (C=O) groups is 1. The Hall–Kier alpha value is -1.60. The average molecular weight is 423 g/mol. The minimum Gasteiger partial charge on any atom is -0.489 e. The highest BCUT2D eigenvalue weighted by atomic mass is 127. The van der Waals surface area contributed by atoms with Crippen molar-refractivity contribution in [2.75, 3.05) is 18.5 Å². The largest absolute Gasteiger partial charge is 0.489 e. The quantitative estimate of drug-likeness (QED) is 0.737. The van der Waals surface area contributed by atoms with Gasteiger partial charge in [-0.3, -0.25) is 4.79 Å². The third-order valence-corrected chi connectivity index (χ3v) is 4.64. The average Bonchev–Trinajstić information content (AvgIpc) is 3.08. The molecular weight excluding hydrogens is 405 g/mol. The maximum atomic E-state index is 12.5. The zero-order chi connectivity index (χ0) is 16.1. The standard InChI is InChI=1S/C18H18INO3/c19-15-8-2-1-7-14(15)18(21)20-16-9-3-4-10-17(16)23-12-13-6-5-11-22-13/h1-4,7-10,13H,5-6,11-12H2,(H,20,21).